The minimum absolute atomic E-state index is 0.0448. The summed E-state index contributed by atoms with van der Waals surface area (Å²) >= 11 is 6.13. The van der Waals surface area contributed by atoms with E-state index in [-0.39, 0.29) is 23.3 Å². The maximum atomic E-state index is 14.0. The Bertz CT molecular complexity index is 1130. The summed E-state index contributed by atoms with van der Waals surface area (Å²) in [6, 6.07) is 0.641. The number of carbonyl (C=O) groups is 1. The molecule has 1 saturated carbocycles. The number of hydrogen-bond acceptors (Lipinski definition) is 7. The molecule has 10 heteroatoms. The van der Waals surface area contributed by atoms with Gasteiger partial charge in [-0.25, -0.2) is 9.50 Å². The van der Waals surface area contributed by atoms with Crippen molar-refractivity contribution in [3.63, 3.8) is 0 Å². The molecule has 3 saturated heterocycles. The number of aromatic nitrogens is 3. The Kier molecular flexibility index (Phi) is 8.30. The molecule has 214 valence electrons. The third kappa shape index (κ3) is 5.65. The number of amides is 1. The quantitative estimate of drug-likeness (QED) is 0.520. The molecule has 1 amide bonds. The molecule has 0 radical (unpaired) electrons. The molecule has 0 bridgehead atoms. The monoisotopic (exact) mass is 557 g/mol. The van der Waals surface area contributed by atoms with Crippen LogP contribution < -0.4 is 16.4 Å². The van der Waals surface area contributed by atoms with Crippen LogP contribution in [0.4, 0.5) is 5.82 Å². The summed E-state index contributed by atoms with van der Waals surface area (Å²) in [6.07, 6.45) is 17.7. The topological polar surface area (TPSA) is 110 Å². The minimum Gasteiger partial charge on any atom is -0.381 e. The van der Waals surface area contributed by atoms with Gasteiger partial charge in [0.1, 0.15) is 5.56 Å². The molecule has 2 aromatic rings. The third-order valence-corrected chi connectivity index (χ3v) is 10.2. The first-order valence-electron chi connectivity index (χ1n) is 15.2. The van der Waals surface area contributed by atoms with Crippen molar-refractivity contribution in [3.05, 3.63) is 23.0 Å². The lowest BCUT2D eigenvalue weighted by atomic mass is 9.65. The van der Waals surface area contributed by atoms with E-state index in [4.69, 9.17) is 22.1 Å². The number of likely N-dealkylation sites (tertiary alicyclic amines) is 1. The van der Waals surface area contributed by atoms with E-state index in [1.54, 1.807) is 12.4 Å². The highest BCUT2D eigenvalue weighted by Crippen LogP contribution is 2.41. The number of fused-ring (bicyclic) bond motifs is 1. The molecule has 39 heavy (non-hydrogen) atoms. The Hall–Kier alpha value is -1.94. The molecule has 4 fully saturated rings. The lowest BCUT2D eigenvalue weighted by molar-refractivity contribution is -0.0785. The van der Waals surface area contributed by atoms with Gasteiger partial charge in [-0.2, -0.15) is 0 Å². The van der Waals surface area contributed by atoms with E-state index in [0.717, 1.165) is 52.1 Å². The predicted molar refractivity (Wildman–Crippen MR) is 153 cm³/mol. The van der Waals surface area contributed by atoms with Gasteiger partial charge in [0.05, 0.1) is 36.5 Å². The second-order valence-corrected chi connectivity index (χ2v) is 12.8. The normalized spacial score (nSPS) is 27.8. The number of rotatable bonds is 4. The Balaban J connectivity index is 1.29. The van der Waals surface area contributed by atoms with Crippen molar-refractivity contribution in [2.24, 2.45) is 11.8 Å². The average molecular weight is 558 g/mol. The Morgan fingerprint density at radius 2 is 1.77 bits per heavy atom. The van der Waals surface area contributed by atoms with Gasteiger partial charge in [-0.1, -0.05) is 56.5 Å². The van der Waals surface area contributed by atoms with Crippen LogP contribution in [0.3, 0.4) is 0 Å². The van der Waals surface area contributed by atoms with Gasteiger partial charge >= 0.3 is 0 Å². The molecule has 4 N–H and O–H groups in total. The molecule has 5 heterocycles. The van der Waals surface area contributed by atoms with E-state index in [2.05, 4.69) is 25.6 Å². The van der Waals surface area contributed by atoms with Crippen LogP contribution >= 0.6 is 11.6 Å². The van der Waals surface area contributed by atoms with Crippen LogP contribution in [0.25, 0.3) is 5.65 Å². The Morgan fingerprint density at radius 3 is 2.44 bits per heavy atom. The number of nitrogen functional groups attached to an aromatic ring is 1. The maximum Gasteiger partial charge on any atom is 0.259 e. The van der Waals surface area contributed by atoms with Gasteiger partial charge in [0.2, 0.25) is 0 Å². The van der Waals surface area contributed by atoms with Gasteiger partial charge in [0.25, 0.3) is 5.91 Å². The van der Waals surface area contributed by atoms with Crippen molar-refractivity contribution >= 4 is 29.0 Å². The molecule has 1 aliphatic carbocycles. The smallest absolute Gasteiger partial charge is 0.259 e. The number of carbonyl (C=O) groups excluding carboxylic acids is 1. The van der Waals surface area contributed by atoms with Crippen LogP contribution in [0.5, 0.6) is 0 Å². The summed E-state index contributed by atoms with van der Waals surface area (Å²) in [5.41, 5.74) is 7.00. The maximum absolute atomic E-state index is 14.0. The molecule has 3 aliphatic heterocycles. The van der Waals surface area contributed by atoms with Gasteiger partial charge in [0.15, 0.2) is 11.5 Å². The van der Waals surface area contributed by atoms with Gasteiger partial charge < -0.3 is 21.1 Å². The third-order valence-electron chi connectivity index (χ3n) is 10.0. The number of halogens is 1. The molecule has 1 spiro atoms. The van der Waals surface area contributed by atoms with Crippen LogP contribution in [0.1, 0.15) is 87.4 Å². The van der Waals surface area contributed by atoms with Crippen molar-refractivity contribution in [2.75, 3.05) is 38.6 Å². The van der Waals surface area contributed by atoms with Crippen molar-refractivity contribution < 1.29 is 9.53 Å². The first kappa shape index (κ1) is 27.2. The summed E-state index contributed by atoms with van der Waals surface area (Å²) in [5.74, 6) is 1.05. The summed E-state index contributed by atoms with van der Waals surface area (Å²) in [4.78, 5) is 21.1. The van der Waals surface area contributed by atoms with E-state index in [0.29, 0.717) is 34.1 Å². The van der Waals surface area contributed by atoms with Crippen molar-refractivity contribution in [2.45, 2.75) is 94.7 Å². The van der Waals surface area contributed by atoms with E-state index in [1.165, 1.54) is 62.3 Å². The molecule has 6 rings (SSSR count). The highest BCUT2D eigenvalue weighted by atomic mass is 35.5. The number of ether oxygens (including phenoxy) is 1. The molecule has 2 atom stereocenters. The van der Waals surface area contributed by atoms with Gasteiger partial charge in [-0.15, -0.1) is 5.10 Å². The summed E-state index contributed by atoms with van der Waals surface area (Å²) in [6.45, 7) is 5.02. The van der Waals surface area contributed by atoms with Crippen LogP contribution in [0, 0.1) is 11.8 Å². The zero-order chi connectivity index (χ0) is 26.8. The number of hydrogen-bond donors (Lipinski definition) is 3. The summed E-state index contributed by atoms with van der Waals surface area (Å²) in [5, 5.41) is 12.4. The second-order valence-electron chi connectivity index (χ2n) is 12.3. The van der Waals surface area contributed by atoms with Crippen molar-refractivity contribution in [1.82, 2.24) is 30.1 Å². The summed E-state index contributed by atoms with van der Waals surface area (Å²) in [7, 11) is 0. The van der Waals surface area contributed by atoms with Crippen molar-refractivity contribution in [1.29, 1.82) is 0 Å². The first-order valence-corrected chi connectivity index (χ1v) is 15.6. The number of anilines is 1. The molecule has 2 aromatic heterocycles. The number of piperidine rings is 2. The van der Waals surface area contributed by atoms with Crippen LogP contribution in [-0.2, 0) is 4.74 Å². The fraction of sp³-hybridized carbons (Fsp3) is 0.759. The minimum atomic E-state index is -0.170. The molecular formula is C29H44ClN7O2. The number of nitrogens with one attached hydrogen (secondary N) is 2. The fourth-order valence-electron chi connectivity index (χ4n) is 7.81. The Labute approximate surface area is 236 Å². The lowest BCUT2D eigenvalue weighted by Crippen LogP contribution is -2.68. The molecule has 4 aliphatic rings. The largest absolute Gasteiger partial charge is 0.381 e. The summed E-state index contributed by atoms with van der Waals surface area (Å²) < 4.78 is 6.98. The van der Waals surface area contributed by atoms with Gasteiger partial charge in [-0.05, 0) is 63.6 Å². The van der Waals surface area contributed by atoms with Crippen LogP contribution in [0.15, 0.2) is 12.4 Å². The Morgan fingerprint density at radius 1 is 1.08 bits per heavy atom. The lowest BCUT2D eigenvalue weighted by Gasteiger charge is -2.53. The number of nitrogens with two attached hydrogens (primary N) is 1. The zero-order valence-corrected chi connectivity index (χ0v) is 23.8. The zero-order valence-electron chi connectivity index (χ0n) is 23.0. The van der Waals surface area contributed by atoms with Crippen LogP contribution in [0.2, 0.25) is 5.02 Å². The fourth-order valence-corrected chi connectivity index (χ4v) is 7.95. The SMILES string of the molecule is Nc1nn2cc(Cl)cnc2c1C(=O)NC1C(C2CCN(C3COC3)CC2)CCNC12CCCCCCCCC2. The highest BCUT2D eigenvalue weighted by molar-refractivity contribution is 6.30. The first-order chi connectivity index (χ1) is 19.0. The van der Waals surface area contributed by atoms with E-state index in [9.17, 15) is 4.79 Å². The average Bonchev–Trinajstić information content (AvgIpc) is 3.23. The standard InChI is InChI=1S/C29H44ClN7O2/c30-21-16-32-27-24(26(31)35-37(27)17-21)28(38)34-25-23(20-9-14-36(15-10-20)22-18-39-19-22)8-13-33-29(25)11-6-4-2-1-3-5-7-12-29/h16-17,20,22-23,25,33H,1-15,18-19H2,(H2,31,35)(H,34,38). The van der Waals surface area contributed by atoms with Crippen LogP contribution in [-0.4, -0.2) is 75.9 Å². The van der Waals surface area contributed by atoms with E-state index in [1.807, 2.05) is 0 Å². The van der Waals surface area contributed by atoms with Gasteiger partial charge in [0, 0.05) is 11.7 Å². The molecule has 2 unspecified atom stereocenters. The molecule has 9 nitrogen and oxygen atoms in total. The second kappa shape index (κ2) is 11.9. The molecular weight excluding hydrogens is 514 g/mol. The highest BCUT2D eigenvalue weighted by Gasteiger charge is 2.48. The van der Waals surface area contributed by atoms with Gasteiger partial charge in [-0.3, -0.25) is 9.69 Å². The molecule has 0 aromatic carbocycles. The predicted octanol–water partition coefficient (Wildman–Crippen LogP) is 4.05. The van der Waals surface area contributed by atoms with E-state index >= 15 is 0 Å². The van der Waals surface area contributed by atoms with E-state index < -0.39 is 0 Å². The van der Waals surface area contributed by atoms with Crippen molar-refractivity contribution in [3.8, 4) is 0 Å². The number of nitrogens with zero attached hydrogens (tertiary/aromatic N) is 4.